The maximum atomic E-state index is 11.7. The fraction of sp³-hybridized carbons (Fsp3) is 0.333. The van der Waals surface area contributed by atoms with Gasteiger partial charge >= 0.3 is 0 Å². The third-order valence-electron chi connectivity index (χ3n) is 2.62. The molecule has 0 saturated heterocycles. The van der Waals surface area contributed by atoms with Crippen LogP contribution >= 0.6 is 0 Å². The highest BCUT2D eigenvalue weighted by atomic mass is 16.3. The topological polar surface area (TPSA) is 55.1 Å². The van der Waals surface area contributed by atoms with E-state index in [9.17, 15) is 4.79 Å². The van der Waals surface area contributed by atoms with E-state index in [4.69, 9.17) is 4.42 Å². The average Bonchev–Trinajstić information content (AvgIpc) is 2.86. The summed E-state index contributed by atoms with van der Waals surface area (Å²) in [6, 6.07) is 9.64. The van der Waals surface area contributed by atoms with Gasteiger partial charge in [0.1, 0.15) is 6.26 Å². The van der Waals surface area contributed by atoms with E-state index in [0.29, 0.717) is 24.0 Å². The Morgan fingerprint density at radius 3 is 2.74 bits per heavy atom. The number of hydrogen-bond acceptors (Lipinski definition) is 3. The summed E-state index contributed by atoms with van der Waals surface area (Å²) in [5.74, 6) is 0.968. The van der Waals surface area contributed by atoms with Crippen molar-refractivity contribution in [1.82, 2.24) is 10.3 Å². The minimum Gasteiger partial charge on any atom is -0.444 e. The highest BCUT2D eigenvalue weighted by molar-refractivity contribution is 5.78. The van der Waals surface area contributed by atoms with E-state index in [1.165, 1.54) is 6.26 Å². The summed E-state index contributed by atoms with van der Waals surface area (Å²) in [5, 5.41) is 2.86. The number of nitrogens with zero attached hydrogens (tertiary/aromatic N) is 1. The third-order valence-corrected chi connectivity index (χ3v) is 2.62. The smallest absolute Gasteiger partial charge is 0.226 e. The van der Waals surface area contributed by atoms with E-state index < -0.39 is 0 Å². The lowest BCUT2D eigenvalue weighted by atomic mass is 10.2. The fourth-order valence-corrected chi connectivity index (χ4v) is 1.65. The van der Waals surface area contributed by atoms with Crippen molar-refractivity contribution in [2.75, 3.05) is 6.54 Å². The molecule has 0 unspecified atom stereocenters. The Balaban J connectivity index is 1.96. The molecule has 1 amide bonds. The first-order valence-electron chi connectivity index (χ1n) is 6.41. The number of benzene rings is 1. The molecule has 1 aromatic carbocycles. The van der Waals surface area contributed by atoms with Crippen molar-refractivity contribution in [2.45, 2.75) is 20.3 Å². The van der Waals surface area contributed by atoms with Gasteiger partial charge in [-0.1, -0.05) is 32.0 Å². The Bertz CT molecular complexity index is 532. The van der Waals surface area contributed by atoms with E-state index in [-0.39, 0.29) is 12.3 Å². The Hall–Kier alpha value is -2.10. The minimum atomic E-state index is -0.0263. The molecule has 0 aliphatic heterocycles. The summed E-state index contributed by atoms with van der Waals surface area (Å²) in [6.45, 7) is 4.80. The Labute approximate surface area is 112 Å². The van der Waals surface area contributed by atoms with Crippen LogP contribution in [0.5, 0.6) is 0 Å². The Morgan fingerprint density at radius 1 is 1.32 bits per heavy atom. The molecule has 1 aromatic heterocycles. The lowest BCUT2D eigenvalue weighted by Gasteiger charge is -2.05. The lowest BCUT2D eigenvalue weighted by Crippen LogP contribution is -2.28. The van der Waals surface area contributed by atoms with Crippen LogP contribution in [0.2, 0.25) is 0 Å². The molecule has 1 N–H and O–H groups in total. The third kappa shape index (κ3) is 3.95. The van der Waals surface area contributed by atoms with Gasteiger partial charge in [0, 0.05) is 12.1 Å². The molecule has 0 aliphatic carbocycles. The number of amides is 1. The number of carbonyl (C=O) groups excluding carboxylic acids is 1. The maximum absolute atomic E-state index is 11.7. The van der Waals surface area contributed by atoms with Gasteiger partial charge in [-0.25, -0.2) is 4.98 Å². The summed E-state index contributed by atoms with van der Waals surface area (Å²) in [4.78, 5) is 16.0. The fourth-order valence-electron chi connectivity index (χ4n) is 1.65. The zero-order valence-electron chi connectivity index (χ0n) is 11.2. The SMILES string of the molecule is CC(C)CNC(=O)Cc1coc(-c2ccccc2)n1. The van der Waals surface area contributed by atoms with Crippen molar-refractivity contribution in [3.63, 3.8) is 0 Å². The summed E-state index contributed by atoms with van der Waals surface area (Å²) in [5.41, 5.74) is 1.57. The molecule has 4 nitrogen and oxygen atoms in total. The molecule has 0 fully saturated rings. The first-order valence-corrected chi connectivity index (χ1v) is 6.41. The number of rotatable bonds is 5. The van der Waals surface area contributed by atoms with Crippen LogP contribution in [0.1, 0.15) is 19.5 Å². The number of oxazole rings is 1. The van der Waals surface area contributed by atoms with Gasteiger partial charge in [-0.15, -0.1) is 0 Å². The van der Waals surface area contributed by atoms with E-state index in [1.54, 1.807) is 0 Å². The van der Waals surface area contributed by atoms with Crippen LogP contribution in [-0.4, -0.2) is 17.4 Å². The van der Waals surface area contributed by atoms with E-state index >= 15 is 0 Å². The van der Waals surface area contributed by atoms with E-state index in [1.807, 2.05) is 30.3 Å². The van der Waals surface area contributed by atoms with Crippen LogP contribution < -0.4 is 5.32 Å². The van der Waals surface area contributed by atoms with Crippen molar-refractivity contribution >= 4 is 5.91 Å². The van der Waals surface area contributed by atoms with Gasteiger partial charge in [0.25, 0.3) is 0 Å². The molecule has 0 saturated carbocycles. The van der Waals surface area contributed by atoms with Crippen molar-refractivity contribution in [3.8, 4) is 11.5 Å². The molecular weight excluding hydrogens is 240 g/mol. The highest BCUT2D eigenvalue weighted by Crippen LogP contribution is 2.17. The first kappa shape index (κ1) is 13.3. The Kier molecular flexibility index (Phi) is 4.34. The monoisotopic (exact) mass is 258 g/mol. The zero-order valence-corrected chi connectivity index (χ0v) is 11.2. The van der Waals surface area contributed by atoms with Crippen molar-refractivity contribution in [3.05, 3.63) is 42.3 Å². The second-order valence-corrected chi connectivity index (χ2v) is 4.88. The number of aromatic nitrogens is 1. The predicted octanol–water partition coefficient (Wildman–Crippen LogP) is 2.66. The van der Waals surface area contributed by atoms with Gasteiger partial charge in [-0.3, -0.25) is 4.79 Å². The van der Waals surface area contributed by atoms with Crippen molar-refractivity contribution < 1.29 is 9.21 Å². The molecule has 0 spiro atoms. The largest absolute Gasteiger partial charge is 0.444 e. The summed E-state index contributed by atoms with van der Waals surface area (Å²) < 4.78 is 5.39. The second-order valence-electron chi connectivity index (χ2n) is 4.88. The van der Waals surface area contributed by atoms with Crippen LogP contribution in [0.15, 0.2) is 41.0 Å². The standard InChI is InChI=1S/C15H18N2O2/c1-11(2)9-16-14(18)8-13-10-19-15(17-13)12-6-4-3-5-7-12/h3-7,10-11H,8-9H2,1-2H3,(H,16,18). The molecule has 100 valence electrons. The predicted molar refractivity (Wildman–Crippen MR) is 73.5 cm³/mol. The van der Waals surface area contributed by atoms with Gasteiger partial charge in [0.05, 0.1) is 12.1 Å². The summed E-state index contributed by atoms with van der Waals surface area (Å²) in [6.07, 6.45) is 1.79. The first-order chi connectivity index (χ1) is 9.15. The molecular formula is C15H18N2O2. The summed E-state index contributed by atoms with van der Waals surface area (Å²) >= 11 is 0. The lowest BCUT2D eigenvalue weighted by molar-refractivity contribution is -0.120. The van der Waals surface area contributed by atoms with E-state index in [2.05, 4.69) is 24.1 Å². The highest BCUT2D eigenvalue weighted by Gasteiger charge is 2.10. The molecule has 0 radical (unpaired) electrons. The number of carbonyl (C=O) groups is 1. The van der Waals surface area contributed by atoms with Crippen molar-refractivity contribution in [2.24, 2.45) is 5.92 Å². The maximum Gasteiger partial charge on any atom is 0.226 e. The second kappa shape index (κ2) is 6.18. The molecule has 19 heavy (non-hydrogen) atoms. The van der Waals surface area contributed by atoms with Crippen LogP contribution in [0.3, 0.4) is 0 Å². The zero-order chi connectivity index (χ0) is 13.7. The molecule has 4 heteroatoms. The number of hydrogen-bond donors (Lipinski definition) is 1. The van der Waals surface area contributed by atoms with Gasteiger partial charge in [-0.2, -0.15) is 0 Å². The molecule has 2 aromatic rings. The average molecular weight is 258 g/mol. The minimum absolute atomic E-state index is 0.0263. The van der Waals surface area contributed by atoms with Crippen LogP contribution in [0.4, 0.5) is 0 Å². The normalized spacial score (nSPS) is 10.7. The molecule has 2 rings (SSSR count). The van der Waals surface area contributed by atoms with Crippen LogP contribution in [0.25, 0.3) is 11.5 Å². The van der Waals surface area contributed by atoms with Gasteiger partial charge in [-0.05, 0) is 18.1 Å². The van der Waals surface area contributed by atoms with Gasteiger partial charge < -0.3 is 9.73 Å². The molecule has 0 aliphatic rings. The molecule has 0 atom stereocenters. The molecule has 1 heterocycles. The Morgan fingerprint density at radius 2 is 2.05 bits per heavy atom. The van der Waals surface area contributed by atoms with Crippen LogP contribution in [0, 0.1) is 5.92 Å². The van der Waals surface area contributed by atoms with Gasteiger partial charge in [0.15, 0.2) is 0 Å². The van der Waals surface area contributed by atoms with Crippen molar-refractivity contribution in [1.29, 1.82) is 0 Å². The number of nitrogens with one attached hydrogen (secondary N) is 1. The van der Waals surface area contributed by atoms with Gasteiger partial charge in [0.2, 0.25) is 11.8 Å². The molecule has 0 bridgehead atoms. The summed E-state index contributed by atoms with van der Waals surface area (Å²) in [7, 11) is 0. The quantitative estimate of drug-likeness (QED) is 0.897. The van der Waals surface area contributed by atoms with E-state index in [0.717, 1.165) is 5.56 Å². The van der Waals surface area contributed by atoms with Crippen LogP contribution in [-0.2, 0) is 11.2 Å².